The number of fused-ring (bicyclic) bond motifs is 7. The number of benzene rings is 1. The molecule has 210 valence electrons. The molecule has 39 heavy (non-hydrogen) atoms. The average molecular weight is 567 g/mol. The lowest BCUT2D eigenvalue weighted by Gasteiger charge is -2.22. The van der Waals surface area contributed by atoms with Gasteiger partial charge in [0.15, 0.2) is 0 Å². The van der Waals surface area contributed by atoms with Crippen molar-refractivity contribution in [2.75, 3.05) is 38.8 Å². The zero-order valence-electron chi connectivity index (χ0n) is 21.9. The molecule has 1 amide bonds. The maximum atomic E-state index is 14.7. The molecule has 1 fully saturated rings. The summed E-state index contributed by atoms with van der Waals surface area (Å²) in [6, 6.07) is 2.97. The van der Waals surface area contributed by atoms with Crippen LogP contribution in [-0.4, -0.2) is 77.5 Å². The van der Waals surface area contributed by atoms with Gasteiger partial charge in [0.05, 0.1) is 16.8 Å². The van der Waals surface area contributed by atoms with Crippen LogP contribution in [0.2, 0.25) is 0 Å². The largest absolute Gasteiger partial charge is 0.419 e. The second-order valence-electron chi connectivity index (χ2n) is 10.8. The third-order valence-electron chi connectivity index (χ3n) is 7.47. The highest BCUT2D eigenvalue weighted by Gasteiger charge is 2.37. The van der Waals surface area contributed by atoms with Gasteiger partial charge < -0.3 is 25.1 Å². The van der Waals surface area contributed by atoms with E-state index in [1.165, 1.54) is 36.6 Å². The molecule has 3 atom stereocenters. The van der Waals surface area contributed by atoms with E-state index in [1.807, 2.05) is 0 Å². The molecule has 0 saturated heterocycles. The Labute approximate surface area is 223 Å². The molecular formula is C26H31F4N6O2P. The number of carbonyl (C=O) groups is 1. The van der Waals surface area contributed by atoms with Crippen LogP contribution in [0.15, 0.2) is 24.5 Å². The molecule has 8 nitrogen and oxygen atoms in total. The molecule has 8 bridgehead atoms. The van der Waals surface area contributed by atoms with Crippen LogP contribution >= 0.6 is 7.14 Å². The highest BCUT2D eigenvalue weighted by atomic mass is 31.2. The summed E-state index contributed by atoms with van der Waals surface area (Å²) in [4.78, 5) is 26.0. The zero-order valence-corrected chi connectivity index (χ0v) is 22.8. The SMILES string of the molecule is CN1CCC(F)CN[C@H]2CC[C@@H](C2)Nc2ncc(C(F)(F)F)c(n2)-c2c[nH]c3c(P(C)(C)=O)c(ccc23)C1=O. The van der Waals surface area contributed by atoms with Gasteiger partial charge in [-0.2, -0.15) is 13.2 Å². The molecule has 3 aliphatic rings. The number of nitrogens with zero attached hydrogens (tertiary/aromatic N) is 3. The number of hydrogen-bond donors (Lipinski definition) is 3. The van der Waals surface area contributed by atoms with Crippen LogP contribution < -0.4 is 15.9 Å². The molecule has 2 aliphatic heterocycles. The first-order valence-electron chi connectivity index (χ1n) is 12.9. The number of aromatic nitrogens is 3. The number of H-pyrrole nitrogens is 1. The minimum Gasteiger partial charge on any atom is -0.360 e. The van der Waals surface area contributed by atoms with Gasteiger partial charge in [-0.3, -0.25) is 4.79 Å². The number of alkyl halides is 4. The topological polar surface area (TPSA) is 103 Å². The van der Waals surface area contributed by atoms with Crippen LogP contribution in [0.5, 0.6) is 0 Å². The van der Waals surface area contributed by atoms with Crippen molar-refractivity contribution < 1.29 is 26.9 Å². The monoisotopic (exact) mass is 566 g/mol. The highest BCUT2D eigenvalue weighted by molar-refractivity contribution is 7.70. The Hall–Kier alpha value is -2.98. The minimum atomic E-state index is -4.72. The maximum Gasteiger partial charge on any atom is 0.419 e. The lowest BCUT2D eigenvalue weighted by Crippen LogP contribution is -2.36. The van der Waals surface area contributed by atoms with E-state index in [0.29, 0.717) is 17.3 Å². The van der Waals surface area contributed by atoms with Gasteiger partial charge in [0, 0.05) is 60.9 Å². The summed E-state index contributed by atoms with van der Waals surface area (Å²) >= 11 is 0. The van der Waals surface area contributed by atoms with Crippen LogP contribution in [0.3, 0.4) is 0 Å². The van der Waals surface area contributed by atoms with E-state index in [4.69, 9.17) is 0 Å². The Morgan fingerprint density at radius 1 is 1.10 bits per heavy atom. The quantitative estimate of drug-likeness (QED) is 0.293. The third-order valence-corrected chi connectivity index (χ3v) is 9.01. The van der Waals surface area contributed by atoms with Crippen molar-refractivity contribution in [1.82, 2.24) is 25.2 Å². The van der Waals surface area contributed by atoms with Crippen LogP contribution in [0, 0.1) is 0 Å². The molecule has 1 unspecified atom stereocenters. The van der Waals surface area contributed by atoms with Gasteiger partial charge >= 0.3 is 6.18 Å². The fourth-order valence-corrected chi connectivity index (χ4v) is 6.97. The van der Waals surface area contributed by atoms with E-state index in [1.54, 1.807) is 7.05 Å². The molecule has 2 aromatic heterocycles. The first-order valence-corrected chi connectivity index (χ1v) is 15.5. The Kier molecular flexibility index (Phi) is 7.22. The normalized spacial score (nSPS) is 23.1. The maximum absolute atomic E-state index is 14.7. The molecule has 4 heterocycles. The summed E-state index contributed by atoms with van der Waals surface area (Å²) in [6.45, 7) is 3.28. The smallest absolute Gasteiger partial charge is 0.360 e. The van der Waals surface area contributed by atoms with Crippen molar-refractivity contribution in [2.24, 2.45) is 0 Å². The van der Waals surface area contributed by atoms with Crippen LogP contribution in [0.1, 0.15) is 41.6 Å². The van der Waals surface area contributed by atoms with Crippen molar-refractivity contribution in [1.29, 1.82) is 0 Å². The van der Waals surface area contributed by atoms with E-state index >= 15 is 0 Å². The molecule has 1 aliphatic carbocycles. The fraction of sp³-hybridized carbons (Fsp3) is 0.500. The number of halogens is 4. The van der Waals surface area contributed by atoms with E-state index in [-0.39, 0.29) is 59.7 Å². The Morgan fingerprint density at radius 2 is 1.85 bits per heavy atom. The molecule has 13 heteroatoms. The third kappa shape index (κ3) is 5.54. The van der Waals surface area contributed by atoms with Crippen molar-refractivity contribution >= 4 is 35.2 Å². The van der Waals surface area contributed by atoms with Gasteiger partial charge in [-0.1, -0.05) is 6.07 Å². The summed E-state index contributed by atoms with van der Waals surface area (Å²) in [5.41, 5.74) is -0.688. The summed E-state index contributed by atoms with van der Waals surface area (Å²) in [5, 5.41) is 6.96. The lowest BCUT2D eigenvalue weighted by molar-refractivity contribution is -0.137. The number of carbonyl (C=O) groups excluding carboxylic acids is 1. The molecule has 3 N–H and O–H groups in total. The van der Waals surface area contributed by atoms with Crippen molar-refractivity contribution in [3.8, 4) is 11.3 Å². The average Bonchev–Trinajstić information content (AvgIpc) is 3.49. The number of nitrogens with one attached hydrogen (secondary N) is 3. The van der Waals surface area contributed by atoms with Crippen molar-refractivity contribution in [3.05, 3.63) is 35.7 Å². The van der Waals surface area contributed by atoms with Crippen molar-refractivity contribution in [3.63, 3.8) is 0 Å². The molecule has 0 radical (unpaired) electrons. The van der Waals surface area contributed by atoms with Gasteiger partial charge in [-0.05, 0) is 45.1 Å². The number of hydrogen-bond acceptors (Lipinski definition) is 6. The molecule has 1 saturated carbocycles. The standard InChI is InChI=1S/C26H31F4N6O2P/c1-36-9-8-14(27)11-31-15-4-5-16(10-15)34-25-33-13-20(26(28,29)30)21(35-25)19-12-32-22-17(19)6-7-18(24(36)37)23(22)39(2,3)38/h6-7,12-16,31-32H,4-5,8-11H2,1-3H3,(H,33,34,35)/t14?,15-,16-/m0/s1. The van der Waals surface area contributed by atoms with Gasteiger partial charge in [0.1, 0.15) is 18.9 Å². The zero-order chi connectivity index (χ0) is 28.1. The van der Waals surface area contributed by atoms with E-state index in [0.717, 1.165) is 19.0 Å². The second-order valence-corrected chi connectivity index (χ2v) is 13.9. The molecule has 6 rings (SSSR count). The fourth-order valence-electron chi connectivity index (χ4n) is 5.49. The Morgan fingerprint density at radius 3 is 2.56 bits per heavy atom. The summed E-state index contributed by atoms with van der Waals surface area (Å²) in [7, 11) is -1.56. The number of aromatic amines is 1. The summed E-state index contributed by atoms with van der Waals surface area (Å²) < 4.78 is 70.4. The molecule has 1 aromatic carbocycles. The molecular weight excluding hydrogens is 535 g/mol. The number of rotatable bonds is 1. The number of amides is 1. The van der Waals surface area contributed by atoms with Crippen LogP contribution in [-0.2, 0) is 10.7 Å². The highest BCUT2D eigenvalue weighted by Crippen LogP contribution is 2.43. The van der Waals surface area contributed by atoms with E-state index in [2.05, 4.69) is 25.6 Å². The van der Waals surface area contributed by atoms with Crippen LogP contribution in [0.4, 0.5) is 23.5 Å². The second kappa shape index (κ2) is 10.2. The van der Waals surface area contributed by atoms with E-state index < -0.39 is 31.0 Å². The van der Waals surface area contributed by atoms with Crippen LogP contribution in [0.25, 0.3) is 22.2 Å². The predicted octanol–water partition coefficient (Wildman–Crippen LogP) is 4.63. The lowest BCUT2D eigenvalue weighted by atomic mass is 10.0. The number of anilines is 1. The summed E-state index contributed by atoms with van der Waals surface area (Å²) in [6.07, 6.45) is -1.45. The van der Waals surface area contributed by atoms with Gasteiger partial charge in [-0.25, -0.2) is 14.4 Å². The summed E-state index contributed by atoms with van der Waals surface area (Å²) in [5.74, 6) is -0.377. The van der Waals surface area contributed by atoms with Gasteiger partial charge in [-0.15, -0.1) is 0 Å². The molecule has 3 aromatic rings. The van der Waals surface area contributed by atoms with E-state index in [9.17, 15) is 26.9 Å². The molecule has 0 spiro atoms. The Balaban J connectivity index is 1.70. The predicted molar refractivity (Wildman–Crippen MR) is 143 cm³/mol. The van der Waals surface area contributed by atoms with Crippen molar-refractivity contribution in [2.45, 2.75) is 50.1 Å². The van der Waals surface area contributed by atoms with Gasteiger partial charge in [0.2, 0.25) is 5.95 Å². The first-order chi connectivity index (χ1) is 18.3. The minimum absolute atomic E-state index is 0.0431. The Bertz CT molecular complexity index is 1450. The first kappa shape index (κ1) is 27.6. The van der Waals surface area contributed by atoms with Gasteiger partial charge in [0.25, 0.3) is 5.91 Å².